The van der Waals surface area contributed by atoms with E-state index in [1.165, 1.54) is 10.4 Å². The number of benzene rings is 1. The third-order valence-corrected chi connectivity index (χ3v) is 5.96. The van der Waals surface area contributed by atoms with Gasteiger partial charge in [-0.05, 0) is 48.4 Å². The van der Waals surface area contributed by atoms with Gasteiger partial charge in [-0.15, -0.1) is 11.3 Å². The molecule has 2 aromatic rings. The summed E-state index contributed by atoms with van der Waals surface area (Å²) in [4.78, 5) is 23.8. The lowest BCUT2D eigenvalue weighted by Gasteiger charge is -2.08. The Labute approximate surface area is 156 Å². The van der Waals surface area contributed by atoms with Gasteiger partial charge >= 0.3 is 0 Å². The molecule has 2 amide bonds. The number of imide groups is 1. The molecular formula is C19H21NO3S2. The summed E-state index contributed by atoms with van der Waals surface area (Å²) in [6, 6.07) is 12.4. The first kappa shape index (κ1) is 18.0. The molecule has 0 radical (unpaired) electrons. The fourth-order valence-electron chi connectivity index (χ4n) is 2.76. The first-order valence-electron chi connectivity index (χ1n) is 8.46. The van der Waals surface area contributed by atoms with Gasteiger partial charge in [0.2, 0.25) is 5.91 Å². The number of hydrogen-bond acceptors (Lipinski definition) is 5. The second-order valence-electron chi connectivity index (χ2n) is 6.00. The average Bonchev–Trinajstić information content (AvgIpc) is 3.23. The molecule has 2 heterocycles. The second-order valence-corrected chi connectivity index (χ2v) is 8.21. The van der Waals surface area contributed by atoms with Crippen LogP contribution in [0.3, 0.4) is 0 Å². The highest BCUT2D eigenvalue weighted by molar-refractivity contribution is 8.15. The van der Waals surface area contributed by atoms with Crippen LogP contribution < -0.4 is 10.1 Å². The Balaban J connectivity index is 1.36. The second kappa shape index (κ2) is 9.06. The molecule has 1 aliphatic heterocycles. The number of carbonyl (C=O) groups is 2. The lowest BCUT2D eigenvalue weighted by atomic mass is 10.0. The minimum Gasteiger partial charge on any atom is -0.488 e. The summed E-state index contributed by atoms with van der Waals surface area (Å²) in [6.45, 7) is 0.612. The molecule has 3 rings (SSSR count). The molecule has 0 saturated carbocycles. The Morgan fingerprint density at radius 2 is 2.00 bits per heavy atom. The van der Waals surface area contributed by atoms with Gasteiger partial charge in [-0.2, -0.15) is 0 Å². The molecule has 1 unspecified atom stereocenters. The number of thiophene rings is 1. The van der Waals surface area contributed by atoms with Gasteiger partial charge in [0.1, 0.15) is 12.4 Å². The monoisotopic (exact) mass is 375 g/mol. The van der Waals surface area contributed by atoms with Gasteiger partial charge in [-0.25, -0.2) is 0 Å². The van der Waals surface area contributed by atoms with Crippen molar-refractivity contribution in [3.63, 3.8) is 0 Å². The van der Waals surface area contributed by atoms with Crippen LogP contribution in [0.4, 0.5) is 4.79 Å². The summed E-state index contributed by atoms with van der Waals surface area (Å²) < 4.78 is 5.84. The number of hydrogen-bond donors (Lipinski definition) is 1. The zero-order chi connectivity index (χ0) is 17.5. The van der Waals surface area contributed by atoms with E-state index in [4.69, 9.17) is 4.74 Å². The highest BCUT2D eigenvalue weighted by atomic mass is 32.2. The van der Waals surface area contributed by atoms with Crippen molar-refractivity contribution in [1.82, 2.24) is 5.32 Å². The van der Waals surface area contributed by atoms with E-state index in [9.17, 15) is 9.59 Å². The van der Waals surface area contributed by atoms with E-state index >= 15 is 0 Å². The topological polar surface area (TPSA) is 55.4 Å². The van der Waals surface area contributed by atoms with Gasteiger partial charge in [0, 0.05) is 4.88 Å². The normalized spacial score (nSPS) is 16.9. The molecule has 1 aromatic heterocycles. The summed E-state index contributed by atoms with van der Waals surface area (Å²) in [6.07, 6.45) is 4.86. The minimum absolute atomic E-state index is 0.134. The Kier molecular flexibility index (Phi) is 6.53. The molecule has 0 bridgehead atoms. The van der Waals surface area contributed by atoms with Crippen molar-refractivity contribution in [2.45, 2.75) is 44.0 Å². The van der Waals surface area contributed by atoms with Gasteiger partial charge in [0.05, 0.1) is 5.25 Å². The molecule has 4 nitrogen and oxygen atoms in total. The molecule has 1 N–H and O–H groups in total. The number of thioether (sulfide) groups is 1. The summed E-state index contributed by atoms with van der Waals surface area (Å²) in [5.41, 5.74) is 1.27. The van der Waals surface area contributed by atoms with Crippen molar-refractivity contribution in [2.75, 3.05) is 0 Å². The molecule has 6 heteroatoms. The maximum absolute atomic E-state index is 11.5. The van der Waals surface area contributed by atoms with Crippen LogP contribution >= 0.6 is 23.1 Å². The average molecular weight is 376 g/mol. The summed E-state index contributed by atoms with van der Waals surface area (Å²) >= 11 is 2.82. The first-order chi connectivity index (χ1) is 12.2. The number of unbranched alkanes of at least 4 members (excludes halogenated alkanes) is 2. The molecule has 1 fully saturated rings. The van der Waals surface area contributed by atoms with Crippen LogP contribution in [0.1, 0.15) is 36.1 Å². The van der Waals surface area contributed by atoms with Crippen molar-refractivity contribution in [3.8, 4) is 5.75 Å². The van der Waals surface area contributed by atoms with Gasteiger partial charge in [0.15, 0.2) is 0 Å². The molecular weight excluding hydrogens is 354 g/mol. The van der Waals surface area contributed by atoms with E-state index in [1.54, 1.807) is 11.3 Å². The standard InChI is InChI=1S/C19H21NO3S2/c21-18-17(25-19(22)20-18)10-3-1-2-6-14-7-4-8-15(12-14)23-13-16-9-5-11-24-16/h4-5,7-9,11-12,17H,1-3,6,10,13H2,(H,20,21,22). The maximum atomic E-state index is 11.5. The van der Waals surface area contributed by atoms with Crippen molar-refractivity contribution >= 4 is 34.2 Å². The summed E-state index contributed by atoms with van der Waals surface area (Å²) in [5, 5.41) is 3.98. The molecule has 1 aromatic carbocycles. The molecule has 0 spiro atoms. The van der Waals surface area contributed by atoms with Crippen LogP contribution in [-0.2, 0) is 17.8 Å². The number of carbonyl (C=O) groups excluding carboxylic acids is 2. The zero-order valence-electron chi connectivity index (χ0n) is 13.9. The minimum atomic E-state index is -0.214. The molecule has 1 saturated heterocycles. The van der Waals surface area contributed by atoms with Gasteiger partial charge in [-0.1, -0.05) is 42.8 Å². The Morgan fingerprint density at radius 3 is 2.76 bits per heavy atom. The first-order valence-corrected chi connectivity index (χ1v) is 10.2. The van der Waals surface area contributed by atoms with Gasteiger partial charge in [-0.3, -0.25) is 14.9 Å². The number of rotatable bonds is 9. The number of aryl methyl sites for hydroxylation is 1. The maximum Gasteiger partial charge on any atom is 0.286 e. The predicted molar refractivity (Wildman–Crippen MR) is 102 cm³/mol. The SMILES string of the molecule is O=C1NC(=O)C(CCCCCc2cccc(OCc3cccs3)c2)S1. The lowest BCUT2D eigenvalue weighted by molar-refractivity contribution is -0.119. The molecule has 132 valence electrons. The Bertz CT molecular complexity index is 715. The fourth-order valence-corrected chi connectivity index (χ4v) is 4.24. The highest BCUT2D eigenvalue weighted by Gasteiger charge is 2.30. The van der Waals surface area contributed by atoms with Crippen LogP contribution in [0, 0.1) is 0 Å². The van der Waals surface area contributed by atoms with E-state index in [0.29, 0.717) is 6.61 Å². The number of ether oxygens (including phenoxy) is 1. The number of amides is 2. The van der Waals surface area contributed by atoms with Crippen LogP contribution in [0.15, 0.2) is 41.8 Å². The van der Waals surface area contributed by atoms with Crippen LogP contribution in [0.5, 0.6) is 5.75 Å². The highest BCUT2D eigenvalue weighted by Crippen LogP contribution is 2.24. The number of nitrogens with one attached hydrogen (secondary N) is 1. The van der Waals surface area contributed by atoms with E-state index in [1.807, 2.05) is 18.2 Å². The molecule has 1 aliphatic rings. The molecule has 0 aliphatic carbocycles. The van der Waals surface area contributed by atoms with E-state index in [-0.39, 0.29) is 16.4 Å². The Morgan fingerprint density at radius 1 is 1.08 bits per heavy atom. The predicted octanol–water partition coefficient (Wildman–Crippen LogP) is 4.78. The molecule has 25 heavy (non-hydrogen) atoms. The quantitative estimate of drug-likeness (QED) is 0.641. The van der Waals surface area contributed by atoms with Crippen LogP contribution in [0.2, 0.25) is 0 Å². The molecule has 1 atom stereocenters. The van der Waals surface area contributed by atoms with Crippen molar-refractivity contribution in [3.05, 3.63) is 52.2 Å². The van der Waals surface area contributed by atoms with Crippen molar-refractivity contribution < 1.29 is 14.3 Å². The summed E-state index contributed by atoms with van der Waals surface area (Å²) in [5.74, 6) is 0.772. The largest absolute Gasteiger partial charge is 0.488 e. The van der Waals surface area contributed by atoms with Crippen LogP contribution in [-0.4, -0.2) is 16.4 Å². The van der Waals surface area contributed by atoms with E-state index < -0.39 is 0 Å². The van der Waals surface area contributed by atoms with Crippen molar-refractivity contribution in [2.24, 2.45) is 0 Å². The van der Waals surface area contributed by atoms with Gasteiger partial charge < -0.3 is 4.74 Å². The Hall–Kier alpha value is -1.79. The third-order valence-electron chi connectivity index (χ3n) is 4.06. The zero-order valence-corrected chi connectivity index (χ0v) is 15.5. The third kappa shape index (κ3) is 5.61. The van der Waals surface area contributed by atoms with E-state index in [2.05, 4.69) is 28.9 Å². The summed E-state index contributed by atoms with van der Waals surface area (Å²) in [7, 11) is 0. The van der Waals surface area contributed by atoms with Crippen LogP contribution in [0.25, 0.3) is 0 Å². The van der Waals surface area contributed by atoms with E-state index in [0.717, 1.165) is 49.6 Å². The van der Waals surface area contributed by atoms with Gasteiger partial charge in [0.25, 0.3) is 5.24 Å². The lowest BCUT2D eigenvalue weighted by Crippen LogP contribution is -2.24. The fraction of sp³-hybridized carbons (Fsp3) is 0.368. The van der Waals surface area contributed by atoms with Crippen molar-refractivity contribution in [1.29, 1.82) is 0 Å². The smallest absolute Gasteiger partial charge is 0.286 e.